The van der Waals surface area contributed by atoms with E-state index in [-0.39, 0.29) is 6.10 Å². The lowest BCUT2D eigenvalue weighted by atomic mass is 10.2. The van der Waals surface area contributed by atoms with Gasteiger partial charge in [-0.15, -0.1) is 0 Å². The lowest BCUT2D eigenvalue weighted by Crippen LogP contribution is -2.22. The molecule has 1 aromatic carbocycles. The molecule has 6 heteroatoms. The van der Waals surface area contributed by atoms with Crippen molar-refractivity contribution in [2.45, 2.75) is 19.4 Å². The van der Waals surface area contributed by atoms with Crippen molar-refractivity contribution in [2.24, 2.45) is 0 Å². The summed E-state index contributed by atoms with van der Waals surface area (Å²) >= 11 is 1.36. The van der Waals surface area contributed by atoms with Gasteiger partial charge in [0, 0.05) is 18.1 Å². The molecule has 1 N–H and O–H groups in total. The molecule has 1 aromatic heterocycles. The molecule has 0 saturated carbocycles. The summed E-state index contributed by atoms with van der Waals surface area (Å²) in [6.45, 7) is 3.46. The number of ether oxygens (including phenoxy) is 2. The van der Waals surface area contributed by atoms with E-state index in [4.69, 9.17) is 9.47 Å². The van der Waals surface area contributed by atoms with Crippen molar-refractivity contribution in [3.05, 3.63) is 30.1 Å². The maximum Gasteiger partial charge on any atom is 0.202 e. The number of hydrogen-bond donors (Lipinski definition) is 1. The number of benzene rings is 1. The van der Waals surface area contributed by atoms with E-state index in [0.717, 1.165) is 29.6 Å². The third-order valence-corrected chi connectivity index (χ3v) is 3.45. The van der Waals surface area contributed by atoms with Crippen molar-refractivity contribution >= 4 is 16.7 Å². The molecular weight excluding hydrogens is 262 g/mol. The highest BCUT2D eigenvalue weighted by atomic mass is 32.1. The molecule has 0 bridgehead atoms. The predicted molar refractivity (Wildman–Crippen MR) is 74.0 cm³/mol. The average Bonchev–Trinajstić information content (AvgIpc) is 2.93. The van der Waals surface area contributed by atoms with Crippen LogP contribution in [0.1, 0.15) is 25.3 Å². The Morgan fingerprint density at radius 3 is 3.05 bits per heavy atom. The molecule has 1 unspecified atom stereocenters. The predicted octanol–water partition coefficient (Wildman–Crippen LogP) is 2.87. The van der Waals surface area contributed by atoms with E-state index in [1.807, 2.05) is 24.3 Å². The summed E-state index contributed by atoms with van der Waals surface area (Å²) in [5, 5.41) is 4.05. The Morgan fingerprint density at radius 1 is 1.37 bits per heavy atom. The zero-order valence-electron chi connectivity index (χ0n) is 10.6. The Morgan fingerprint density at radius 2 is 2.21 bits per heavy atom. The van der Waals surface area contributed by atoms with Crippen molar-refractivity contribution in [3.8, 4) is 11.5 Å². The number of aromatic nitrogens is 2. The molecule has 19 heavy (non-hydrogen) atoms. The number of hydrogen-bond acceptors (Lipinski definition) is 6. The van der Waals surface area contributed by atoms with Gasteiger partial charge in [0.15, 0.2) is 23.4 Å². The molecule has 0 radical (unpaired) electrons. The van der Waals surface area contributed by atoms with E-state index < -0.39 is 0 Å². The van der Waals surface area contributed by atoms with Crippen molar-refractivity contribution in [3.63, 3.8) is 0 Å². The lowest BCUT2D eigenvalue weighted by molar-refractivity contribution is 0.0860. The molecule has 0 aliphatic carbocycles. The standard InChI is InChI=1S/C13H15N3O2S/c1-2-7-14-13-15-12(16-19-13)11-8-17-9-5-3-4-6-10(9)18-11/h3-6,11H,2,7-8H2,1H3,(H,14,15,16). The molecule has 0 saturated heterocycles. The Labute approximate surface area is 115 Å². The molecule has 1 aliphatic rings. The quantitative estimate of drug-likeness (QED) is 0.931. The van der Waals surface area contributed by atoms with Crippen LogP contribution in [0.5, 0.6) is 11.5 Å². The minimum absolute atomic E-state index is 0.233. The summed E-state index contributed by atoms with van der Waals surface area (Å²) in [5.74, 6) is 2.20. The molecule has 0 fully saturated rings. The van der Waals surface area contributed by atoms with Gasteiger partial charge in [-0.3, -0.25) is 0 Å². The van der Waals surface area contributed by atoms with E-state index >= 15 is 0 Å². The smallest absolute Gasteiger partial charge is 0.202 e. The van der Waals surface area contributed by atoms with Gasteiger partial charge in [-0.2, -0.15) is 9.36 Å². The first-order chi connectivity index (χ1) is 9.36. The topological polar surface area (TPSA) is 56.3 Å². The molecule has 2 aromatic rings. The van der Waals surface area contributed by atoms with Crippen LogP contribution in [-0.2, 0) is 0 Å². The first-order valence-corrected chi connectivity index (χ1v) is 7.10. The summed E-state index contributed by atoms with van der Waals surface area (Å²) in [7, 11) is 0. The van der Waals surface area contributed by atoms with Crippen LogP contribution in [0.2, 0.25) is 0 Å². The highest BCUT2D eigenvalue weighted by Gasteiger charge is 2.25. The minimum atomic E-state index is -0.233. The largest absolute Gasteiger partial charge is 0.485 e. The molecule has 5 nitrogen and oxygen atoms in total. The van der Waals surface area contributed by atoms with Crippen molar-refractivity contribution in [1.29, 1.82) is 0 Å². The zero-order valence-corrected chi connectivity index (χ0v) is 11.4. The van der Waals surface area contributed by atoms with E-state index in [0.29, 0.717) is 12.4 Å². The average molecular weight is 277 g/mol. The maximum absolute atomic E-state index is 5.86. The summed E-state index contributed by atoms with van der Waals surface area (Å²) in [4.78, 5) is 4.44. The lowest BCUT2D eigenvalue weighted by Gasteiger charge is -2.24. The summed E-state index contributed by atoms with van der Waals surface area (Å²) in [5.41, 5.74) is 0. The molecule has 3 rings (SSSR count). The summed E-state index contributed by atoms with van der Waals surface area (Å²) in [6, 6.07) is 7.64. The van der Waals surface area contributed by atoms with Crippen LogP contribution < -0.4 is 14.8 Å². The van der Waals surface area contributed by atoms with Gasteiger partial charge in [-0.05, 0) is 18.6 Å². The van der Waals surface area contributed by atoms with Gasteiger partial charge in [-0.25, -0.2) is 0 Å². The summed E-state index contributed by atoms with van der Waals surface area (Å²) in [6.07, 6.45) is 0.828. The Hall–Kier alpha value is -1.82. The van der Waals surface area contributed by atoms with Crippen molar-refractivity contribution in [1.82, 2.24) is 9.36 Å². The van der Waals surface area contributed by atoms with E-state index in [9.17, 15) is 0 Å². The van der Waals surface area contributed by atoms with E-state index in [1.165, 1.54) is 11.5 Å². The van der Waals surface area contributed by atoms with Gasteiger partial charge in [0.05, 0.1) is 0 Å². The minimum Gasteiger partial charge on any atom is -0.485 e. The molecule has 2 heterocycles. The number of rotatable bonds is 4. The Bertz CT molecular complexity index is 558. The van der Waals surface area contributed by atoms with Crippen LogP contribution in [0.4, 0.5) is 5.13 Å². The zero-order chi connectivity index (χ0) is 13.1. The van der Waals surface area contributed by atoms with Crippen LogP contribution >= 0.6 is 11.5 Å². The van der Waals surface area contributed by atoms with Gasteiger partial charge >= 0.3 is 0 Å². The number of anilines is 1. The molecule has 0 spiro atoms. The third kappa shape index (κ3) is 2.63. The Balaban J connectivity index is 1.72. The highest BCUT2D eigenvalue weighted by Crippen LogP contribution is 2.35. The van der Waals surface area contributed by atoms with Crippen molar-refractivity contribution in [2.75, 3.05) is 18.5 Å². The fourth-order valence-corrected chi connectivity index (χ4v) is 2.46. The number of nitrogens with one attached hydrogen (secondary N) is 1. The van der Waals surface area contributed by atoms with E-state index in [1.54, 1.807) is 0 Å². The maximum atomic E-state index is 5.86. The summed E-state index contributed by atoms with van der Waals surface area (Å²) < 4.78 is 15.9. The van der Waals surface area contributed by atoms with Crippen LogP contribution in [0.15, 0.2) is 24.3 Å². The molecule has 1 atom stereocenters. The first kappa shape index (κ1) is 12.2. The normalized spacial score (nSPS) is 17.2. The van der Waals surface area contributed by atoms with E-state index in [2.05, 4.69) is 21.6 Å². The van der Waals surface area contributed by atoms with Crippen LogP contribution in [0.3, 0.4) is 0 Å². The monoisotopic (exact) mass is 277 g/mol. The number of fused-ring (bicyclic) bond motifs is 1. The second kappa shape index (κ2) is 5.44. The van der Waals surface area contributed by atoms with Crippen LogP contribution in [0, 0.1) is 0 Å². The second-order valence-corrected chi connectivity index (χ2v) is 5.00. The Kier molecular flexibility index (Phi) is 3.50. The van der Waals surface area contributed by atoms with Gasteiger partial charge < -0.3 is 14.8 Å². The fraction of sp³-hybridized carbons (Fsp3) is 0.385. The second-order valence-electron chi connectivity index (χ2n) is 4.25. The molecular formula is C13H15N3O2S. The third-order valence-electron chi connectivity index (χ3n) is 2.76. The van der Waals surface area contributed by atoms with Gasteiger partial charge in [-0.1, -0.05) is 19.1 Å². The number of para-hydroxylation sites is 2. The van der Waals surface area contributed by atoms with Crippen molar-refractivity contribution < 1.29 is 9.47 Å². The first-order valence-electron chi connectivity index (χ1n) is 6.33. The number of nitrogens with zero attached hydrogens (tertiary/aromatic N) is 2. The fourth-order valence-electron chi connectivity index (χ4n) is 1.82. The molecule has 1 aliphatic heterocycles. The van der Waals surface area contributed by atoms with Crippen LogP contribution in [0.25, 0.3) is 0 Å². The van der Waals surface area contributed by atoms with Gasteiger partial charge in [0.1, 0.15) is 6.61 Å². The molecule has 100 valence electrons. The van der Waals surface area contributed by atoms with Crippen LogP contribution in [-0.4, -0.2) is 22.5 Å². The van der Waals surface area contributed by atoms with Gasteiger partial charge in [0.2, 0.25) is 5.13 Å². The van der Waals surface area contributed by atoms with Gasteiger partial charge in [0.25, 0.3) is 0 Å². The highest BCUT2D eigenvalue weighted by molar-refractivity contribution is 7.09. The molecule has 0 amide bonds. The SMILES string of the molecule is CCCNc1nc(C2COc3ccccc3O2)ns1.